The summed E-state index contributed by atoms with van der Waals surface area (Å²) in [6, 6.07) is 10.4. The van der Waals surface area contributed by atoms with E-state index in [2.05, 4.69) is 10.0 Å². The van der Waals surface area contributed by atoms with Gasteiger partial charge in [-0.3, -0.25) is 9.52 Å². The molecule has 0 aliphatic carbocycles. The van der Waals surface area contributed by atoms with Gasteiger partial charge >= 0.3 is 0 Å². The van der Waals surface area contributed by atoms with E-state index in [9.17, 15) is 22.0 Å². The molecule has 0 saturated heterocycles. The van der Waals surface area contributed by atoms with Crippen LogP contribution in [-0.2, 0) is 10.0 Å². The fourth-order valence-electron chi connectivity index (χ4n) is 2.40. The van der Waals surface area contributed by atoms with E-state index in [0.29, 0.717) is 6.07 Å². The molecule has 11 heteroatoms. The van der Waals surface area contributed by atoms with Crippen molar-refractivity contribution in [2.45, 2.75) is 4.90 Å². The van der Waals surface area contributed by atoms with E-state index < -0.39 is 32.5 Å². The Labute approximate surface area is 185 Å². The minimum Gasteiger partial charge on any atom is -0.319 e. The second kappa shape index (κ2) is 8.77. The third-order valence-corrected chi connectivity index (χ3v) is 6.27. The number of benzene rings is 3. The van der Waals surface area contributed by atoms with Crippen LogP contribution in [0.15, 0.2) is 59.5 Å². The summed E-state index contributed by atoms with van der Waals surface area (Å²) in [6.07, 6.45) is 0. The van der Waals surface area contributed by atoms with Crippen LogP contribution in [0.5, 0.6) is 0 Å². The maximum absolute atomic E-state index is 14.4. The number of anilines is 2. The Hall–Kier alpha value is -2.39. The molecule has 0 unspecified atom stereocenters. The van der Waals surface area contributed by atoms with E-state index in [0.717, 1.165) is 18.2 Å². The molecule has 0 aliphatic rings. The van der Waals surface area contributed by atoms with Crippen molar-refractivity contribution >= 4 is 62.1 Å². The molecule has 0 aliphatic heterocycles. The second-order valence-corrected chi connectivity index (χ2v) is 8.83. The van der Waals surface area contributed by atoms with Gasteiger partial charge in [0.15, 0.2) is 0 Å². The minimum absolute atomic E-state index is 0.0118. The van der Waals surface area contributed by atoms with Crippen LogP contribution >= 0.6 is 34.8 Å². The third-order valence-electron chi connectivity index (χ3n) is 3.87. The van der Waals surface area contributed by atoms with Gasteiger partial charge in [0.1, 0.15) is 11.6 Å². The van der Waals surface area contributed by atoms with Crippen molar-refractivity contribution in [1.82, 2.24) is 0 Å². The van der Waals surface area contributed by atoms with Crippen molar-refractivity contribution in [3.63, 3.8) is 0 Å². The van der Waals surface area contributed by atoms with Crippen LogP contribution in [0.3, 0.4) is 0 Å². The van der Waals surface area contributed by atoms with Crippen LogP contribution < -0.4 is 10.0 Å². The lowest BCUT2D eigenvalue weighted by molar-refractivity contribution is 0.102. The average Bonchev–Trinajstić information content (AvgIpc) is 2.67. The van der Waals surface area contributed by atoms with Gasteiger partial charge in [-0.15, -0.1) is 0 Å². The van der Waals surface area contributed by atoms with Gasteiger partial charge in [-0.1, -0.05) is 46.9 Å². The van der Waals surface area contributed by atoms with E-state index >= 15 is 0 Å². The van der Waals surface area contributed by atoms with E-state index in [1.807, 2.05) is 0 Å². The molecule has 0 radical (unpaired) electrons. The van der Waals surface area contributed by atoms with Crippen molar-refractivity contribution in [2.75, 3.05) is 10.0 Å². The predicted octanol–water partition coefficient (Wildman–Crippen LogP) is 5.98. The molecule has 0 fully saturated rings. The van der Waals surface area contributed by atoms with Gasteiger partial charge in [-0.2, -0.15) is 0 Å². The van der Waals surface area contributed by atoms with E-state index in [4.69, 9.17) is 34.8 Å². The number of amides is 1. The first-order valence-electron chi connectivity index (χ1n) is 8.11. The number of carbonyl (C=O) groups excluding carboxylic acids is 1. The summed E-state index contributed by atoms with van der Waals surface area (Å²) in [5, 5.41) is 2.38. The summed E-state index contributed by atoms with van der Waals surface area (Å²) >= 11 is 17.6. The van der Waals surface area contributed by atoms with E-state index in [1.165, 1.54) is 30.3 Å². The molecule has 0 spiro atoms. The zero-order valence-electron chi connectivity index (χ0n) is 14.7. The lowest BCUT2D eigenvalue weighted by Gasteiger charge is -2.12. The molecule has 2 N–H and O–H groups in total. The Kier molecular flexibility index (Phi) is 6.52. The molecule has 3 rings (SSSR count). The maximum atomic E-state index is 14.4. The zero-order chi connectivity index (χ0) is 22.1. The SMILES string of the molecule is O=C(Nc1ccc(S(=O)(=O)Nc2cc(Cl)c(Cl)cc2Cl)cc1F)c1ccccc1F. The highest BCUT2D eigenvalue weighted by Gasteiger charge is 2.20. The van der Waals surface area contributed by atoms with Gasteiger partial charge in [-0.05, 0) is 42.5 Å². The number of hydrogen-bond acceptors (Lipinski definition) is 3. The first-order valence-corrected chi connectivity index (χ1v) is 10.7. The molecule has 0 heterocycles. The Morgan fingerprint density at radius 3 is 2.13 bits per heavy atom. The fraction of sp³-hybridized carbons (Fsp3) is 0. The molecule has 0 aromatic heterocycles. The highest BCUT2D eigenvalue weighted by Crippen LogP contribution is 2.33. The standard InChI is InChI=1S/C19H11Cl3F2N2O3S/c20-12-8-14(22)18(9-13(12)21)26-30(28,29)10-5-6-17(16(24)7-10)25-19(27)11-3-1-2-4-15(11)23/h1-9,26H,(H,25,27). The van der Waals surface area contributed by atoms with Crippen molar-refractivity contribution in [2.24, 2.45) is 0 Å². The monoisotopic (exact) mass is 490 g/mol. The van der Waals surface area contributed by atoms with Crippen LogP contribution in [0.1, 0.15) is 10.4 Å². The summed E-state index contributed by atoms with van der Waals surface area (Å²) in [5.74, 6) is -2.71. The van der Waals surface area contributed by atoms with Crippen molar-refractivity contribution in [1.29, 1.82) is 0 Å². The first-order chi connectivity index (χ1) is 14.1. The largest absolute Gasteiger partial charge is 0.319 e. The molecular weight excluding hydrogens is 481 g/mol. The van der Waals surface area contributed by atoms with Crippen LogP contribution in [0.4, 0.5) is 20.2 Å². The van der Waals surface area contributed by atoms with Crippen molar-refractivity contribution in [3.05, 3.63) is 86.9 Å². The quantitative estimate of drug-likeness (QED) is 0.431. The highest BCUT2D eigenvalue weighted by atomic mass is 35.5. The first kappa shape index (κ1) is 22.3. The van der Waals surface area contributed by atoms with Gasteiger partial charge in [0.05, 0.1) is 36.9 Å². The van der Waals surface area contributed by atoms with Crippen LogP contribution in [-0.4, -0.2) is 14.3 Å². The smallest absolute Gasteiger partial charge is 0.262 e. The Bertz CT molecular complexity index is 1250. The molecule has 3 aromatic carbocycles. The summed E-state index contributed by atoms with van der Waals surface area (Å²) in [7, 11) is -4.24. The molecule has 3 aromatic rings. The van der Waals surface area contributed by atoms with Gasteiger partial charge < -0.3 is 5.32 Å². The molecule has 156 valence electrons. The number of hydrogen-bond donors (Lipinski definition) is 2. The Morgan fingerprint density at radius 1 is 0.800 bits per heavy atom. The third kappa shape index (κ3) is 4.84. The number of sulfonamides is 1. The van der Waals surface area contributed by atoms with Crippen molar-refractivity contribution < 1.29 is 22.0 Å². The maximum Gasteiger partial charge on any atom is 0.262 e. The summed E-state index contributed by atoms with van der Waals surface area (Å²) in [6.45, 7) is 0. The van der Waals surface area contributed by atoms with Crippen LogP contribution in [0, 0.1) is 11.6 Å². The molecular formula is C19H11Cl3F2N2O3S. The summed E-state index contributed by atoms with van der Waals surface area (Å²) in [5.41, 5.74) is -0.664. The van der Waals surface area contributed by atoms with Crippen LogP contribution in [0.2, 0.25) is 15.1 Å². The zero-order valence-corrected chi connectivity index (χ0v) is 17.8. The highest BCUT2D eigenvalue weighted by molar-refractivity contribution is 7.92. The Balaban J connectivity index is 1.84. The topological polar surface area (TPSA) is 75.3 Å². The summed E-state index contributed by atoms with van der Waals surface area (Å²) in [4.78, 5) is 11.7. The number of rotatable bonds is 5. The normalized spacial score (nSPS) is 11.2. The molecule has 0 atom stereocenters. The number of nitrogens with one attached hydrogen (secondary N) is 2. The Morgan fingerprint density at radius 2 is 1.47 bits per heavy atom. The lowest BCUT2D eigenvalue weighted by Crippen LogP contribution is -2.16. The minimum atomic E-state index is -4.24. The molecule has 0 saturated carbocycles. The van der Waals surface area contributed by atoms with Crippen molar-refractivity contribution in [3.8, 4) is 0 Å². The predicted molar refractivity (Wildman–Crippen MR) is 113 cm³/mol. The molecule has 1 amide bonds. The number of halogens is 5. The lowest BCUT2D eigenvalue weighted by atomic mass is 10.2. The van der Waals surface area contributed by atoms with E-state index in [-0.39, 0.29) is 32.0 Å². The fourth-order valence-corrected chi connectivity index (χ4v) is 4.14. The summed E-state index contributed by atoms with van der Waals surface area (Å²) < 4.78 is 55.4. The van der Waals surface area contributed by atoms with Gasteiger partial charge in [-0.25, -0.2) is 17.2 Å². The molecule has 30 heavy (non-hydrogen) atoms. The molecule has 5 nitrogen and oxygen atoms in total. The van der Waals surface area contributed by atoms with Gasteiger partial charge in [0.25, 0.3) is 15.9 Å². The van der Waals surface area contributed by atoms with E-state index in [1.54, 1.807) is 0 Å². The number of carbonyl (C=O) groups is 1. The average molecular weight is 492 g/mol. The van der Waals surface area contributed by atoms with Gasteiger partial charge in [0, 0.05) is 0 Å². The molecule has 0 bridgehead atoms. The van der Waals surface area contributed by atoms with Crippen LogP contribution in [0.25, 0.3) is 0 Å². The second-order valence-electron chi connectivity index (χ2n) is 5.93. The van der Waals surface area contributed by atoms with Gasteiger partial charge in [0.2, 0.25) is 0 Å².